The first kappa shape index (κ1) is 26.3. The quantitative estimate of drug-likeness (QED) is 0.140. The fourth-order valence-corrected chi connectivity index (χ4v) is 3.28. The molecule has 0 bridgehead atoms. The third kappa shape index (κ3) is 7.60. The van der Waals surface area contributed by atoms with E-state index in [2.05, 4.69) is 21.2 Å². The zero-order chi connectivity index (χ0) is 25.9. The Hall–Kier alpha value is -4.31. The third-order valence-corrected chi connectivity index (χ3v) is 5.14. The summed E-state index contributed by atoms with van der Waals surface area (Å²) in [6, 6.07) is 17.0. The molecule has 0 saturated heterocycles. The van der Waals surface area contributed by atoms with Crippen molar-refractivity contribution in [3.05, 3.63) is 78.0 Å². The number of likely N-dealkylation sites (N-methyl/N-ethyl adjacent to an activating group) is 1. The molecule has 1 amide bonds. The van der Waals surface area contributed by atoms with Gasteiger partial charge in [-0.25, -0.2) is 4.98 Å². The van der Waals surface area contributed by atoms with Gasteiger partial charge in [-0.3, -0.25) is 21.1 Å². The molecule has 1 aromatic heterocycles. The summed E-state index contributed by atoms with van der Waals surface area (Å²) in [6.45, 7) is 3.61. The Morgan fingerprint density at radius 3 is 2.50 bits per heavy atom. The number of anilines is 2. The molecule has 0 spiro atoms. The molecule has 0 aliphatic heterocycles. The van der Waals surface area contributed by atoms with Crippen LogP contribution in [0.5, 0.6) is 11.5 Å². The van der Waals surface area contributed by atoms with Crippen molar-refractivity contribution in [1.29, 1.82) is 5.41 Å². The van der Waals surface area contributed by atoms with Gasteiger partial charge in [0.25, 0.3) is 5.91 Å². The molecule has 1 unspecified atom stereocenters. The second kappa shape index (κ2) is 13.0. The van der Waals surface area contributed by atoms with Crippen LogP contribution in [0.25, 0.3) is 0 Å². The molecule has 2 aromatic carbocycles. The van der Waals surface area contributed by atoms with E-state index >= 15 is 0 Å². The number of hydrogen-bond donors (Lipinski definition) is 5. The lowest BCUT2D eigenvalue weighted by molar-refractivity contribution is -0.121. The van der Waals surface area contributed by atoms with Gasteiger partial charge in [-0.05, 0) is 75.1 Å². The van der Waals surface area contributed by atoms with Crippen LogP contribution in [0.1, 0.15) is 24.1 Å². The number of nitrogen functional groups attached to an aromatic ring is 1. The number of rotatable bonds is 13. The number of amides is 1. The van der Waals surface area contributed by atoms with Gasteiger partial charge in [0, 0.05) is 24.0 Å². The molecule has 0 saturated carbocycles. The second-order valence-electron chi connectivity index (χ2n) is 8.19. The molecular formula is C26H33N7O3. The SMILES string of the molecule is CCOc1cc(C(Nc2ccc(C(=N)N)cc2)C(=O)NNc2ccccn2)ccc1OCCN(C)C. The van der Waals surface area contributed by atoms with Crippen LogP contribution in [0.15, 0.2) is 66.9 Å². The zero-order valence-corrected chi connectivity index (χ0v) is 20.7. The van der Waals surface area contributed by atoms with E-state index in [4.69, 9.17) is 20.6 Å². The number of carbonyl (C=O) groups excluding carboxylic acids is 1. The molecule has 190 valence electrons. The van der Waals surface area contributed by atoms with Crippen molar-refractivity contribution in [3.8, 4) is 11.5 Å². The maximum Gasteiger partial charge on any atom is 0.265 e. The Labute approximate surface area is 211 Å². The van der Waals surface area contributed by atoms with Crippen molar-refractivity contribution < 1.29 is 14.3 Å². The lowest BCUT2D eigenvalue weighted by Gasteiger charge is -2.22. The highest BCUT2D eigenvalue weighted by Gasteiger charge is 2.23. The van der Waals surface area contributed by atoms with Gasteiger partial charge >= 0.3 is 0 Å². The number of aromatic nitrogens is 1. The van der Waals surface area contributed by atoms with Crippen molar-refractivity contribution in [2.75, 3.05) is 44.6 Å². The van der Waals surface area contributed by atoms with Gasteiger partial charge in [-0.2, -0.15) is 0 Å². The van der Waals surface area contributed by atoms with Crippen LogP contribution in [0.3, 0.4) is 0 Å². The smallest absolute Gasteiger partial charge is 0.265 e. The highest BCUT2D eigenvalue weighted by Crippen LogP contribution is 2.32. The first-order chi connectivity index (χ1) is 17.4. The van der Waals surface area contributed by atoms with E-state index < -0.39 is 6.04 Å². The van der Waals surface area contributed by atoms with Crippen molar-refractivity contribution in [3.63, 3.8) is 0 Å². The average Bonchev–Trinajstić information content (AvgIpc) is 2.87. The maximum absolute atomic E-state index is 13.3. The first-order valence-corrected chi connectivity index (χ1v) is 11.6. The van der Waals surface area contributed by atoms with Gasteiger partial charge in [-0.1, -0.05) is 12.1 Å². The van der Waals surface area contributed by atoms with Gasteiger partial charge in [0.2, 0.25) is 0 Å². The minimum atomic E-state index is -0.778. The van der Waals surface area contributed by atoms with E-state index in [-0.39, 0.29) is 11.7 Å². The summed E-state index contributed by atoms with van der Waals surface area (Å²) in [5.41, 5.74) is 13.1. The number of hydrogen-bond acceptors (Lipinski definition) is 8. The number of pyridine rings is 1. The molecule has 0 aliphatic carbocycles. The van der Waals surface area contributed by atoms with Gasteiger partial charge < -0.3 is 25.4 Å². The Morgan fingerprint density at radius 1 is 1.08 bits per heavy atom. The van der Waals surface area contributed by atoms with Crippen LogP contribution in [-0.2, 0) is 4.79 Å². The summed E-state index contributed by atoms with van der Waals surface area (Å²) in [4.78, 5) is 19.5. The summed E-state index contributed by atoms with van der Waals surface area (Å²) in [6.07, 6.45) is 1.63. The number of benzene rings is 2. The van der Waals surface area contributed by atoms with E-state index in [1.165, 1.54) is 0 Å². The van der Waals surface area contributed by atoms with Crippen molar-refractivity contribution in [1.82, 2.24) is 15.3 Å². The van der Waals surface area contributed by atoms with E-state index in [1.807, 2.05) is 44.1 Å². The largest absolute Gasteiger partial charge is 0.490 e. The molecule has 1 heterocycles. The van der Waals surface area contributed by atoms with Crippen molar-refractivity contribution in [2.45, 2.75) is 13.0 Å². The number of nitrogens with one attached hydrogen (secondary N) is 4. The molecular weight excluding hydrogens is 458 g/mol. The van der Waals surface area contributed by atoms with Gasteiger partial charge in [0.05, 0.1) is 6.61 Å². The molecule has 6 N–H and O–H groups in total. The normalized spacial score (nSPS) is 11.4. The summed E-state index contributed by atoms with van der Waals surface area (Å²) in [5, 5.41) is 10.8. The van der Waals surface area contributed by atoms with Gasteiger partial charge in [-0.15, -0.1) is 0 Å². The first-order valence-electron chi connectivity index (χ1n) is 11.6. The van der Waals surface area contributed by atoms with Crippen LogP contribution in [0.2, 0.25) is 0 Å². The van der Waals surface area contributed by atoms with Gasteiger partial charge in [0.1, 0.15) is 24.3 Å². The summed E-state index contributed by atoms with van der Waals surface area (Å²) >= 11 is 0. The lowest BCUT2D eigenvalue weighted by Crippen LogP contribution is -2.37. The molecule has 1 atom stereocenters. The number of carbonyl (C=O) groups is 1. The molecule has 0 fully saturated rings. The van der Waals surface area contributed by atoms with E-state index in [9.17, 15) is 4.79 Å². The molecule has 0 radical (unpaired) electrons. The van der Waals surface area contributed by atoms with E-state index in [0.717, 1.165) is 6.54 Å². The number of amidine groups is 1. The summed E-state index contributed by atoms with van der Waals surface area (Å²) in [7, 11) is 3.96. The molecule has 3 rings (SSSR count). The molecule has 10 heteroatoms. The van der Waals surface area contributed by atoms with E-state index in [1.54, 1.807) is 48.7 Å². The fraction of sp³-hybridized carbons (Fsp3) is 0.269. The zero-order valence-electron chi connectivity index (χ0n) is 20.7. The monoisotopic (exact) mass is 491 g/mol. The highest BCUT2D eigenvalue weighted by atomic mass is 16.5. The Bertz CT molecular complexity index is 1140. The predicted octanol–water partition coefficient (Wildman–Crippen LogP) is 3.00. The third-order valence-electron chi connectivity index (χ3n) is 5.14. The summed E-state index contributed by atoms with van der Waals surface area (Å²) < 4.78 is 11.7. The molecule has 36 heavy (non-hydrogen) atoms. The van der Waals surface area contributed by atoms with Crippen molar-refractivity contribution in [2.24, 2.45) is 5.73 Å². The molecule has 3 aromatic rings. The minimum Gasteiger partial charge on any atom is -0.490 e. The Balaban J connectivity index is 1.86. The topological polar surface area (TPSA) is 138 Å². The number of hydrazine groups is 1. The van der Waals surface area contributed by atoms with Crippen LogP contribution < -0.4 is 31.4 Å². The predicted molar refractivity (Wildman–Crippen MR) is 141 cm³/mol. The number of ether oxygens (including phenoxy) is 2. The number of nitrogens with two attached hydrogens (primary N) is 1. The van der Waals surface area contributed by atoms with Gasteiger partial charge in [0.15, 0.2) is 11.5 Å². The Morgan fingerprint density at radius 2 is 1.86 bits per heavy atom. The van der Waals surface area contributed by atoms with Crippen molar-refractivity contribution >= 4 is 23.2 Å². The minimum absolute atomic E-state index is 0.0263. The highest BCUT2D eigenvalue weighted by molar-refractivity contribution is 5.95. The molecule has 0 aliphatic rings. The average molecular weight is 492 g/mol. The maximum atomic E-state index is 13.3. The van der Waals surface area contributed by atoms with E-state index in [0.29, 0.717) is 47.3 Å². The van der Waals surface area contributed by atoms with Crippen LogP contribution in [0.4, 0.5) is 11.5 Å². The van der Waals surface area contributed by atoms with Crippen LogP contribution >= 0.6 is 0 Å². The van der Waals surface area contributed by atoms with Crippen LogP contribution in [-0.4, -0.2) is 55.5 Å². The number of nitrogens with zero attached hydrogens (tertiary/aromatic N) is 2. The molecule has 10 nitrogen and oxygen atoms in total. The standard InChI is InChI=1S/C26H33N7O3/c1-4-35-22-17-19(10-13-21(22)36-16-15-33(2)3)24(26(34)32-31-23-7-5-6-14-29-23)30-20-11-8-18(9-12-20)25(27)28/h5-14,17,24,30H,4,15-16H2,1-3H3,(H3,27,28)(H,29,31)(H,32,34). The Kier molecular flexibility index (Phi) is 9.47. The lowest BCUT2D eigenvalue weighted by atomic mass is 10.0. The fourth-order valence-electron chi connectivity index (χ4n) is 3.28. The summed E-state index contributed by atoms with van der Waals surface area (Å²) in [5.74, 6) is 1.31. The second-order valence-corrected chi connectivity index (χ2v) is 8.19. The van der Waals surface area contributed by atoms with Crippen LogP contribution in [0, 0.1) is 5.41 Å².